The third-order valence-electron chi connectivity index (χ3n) is 5.97. The maximum absolute atomic E-state index is 13.7. The molecule has 0 saturated carbocycles. The van der Waals surface area contributed by atoms with Gasteiger partial charge in [0.05, 0.1) is 4.92 Å². The van der Waals surface area contributed by atoms with Crippen molar-refractivity contribution in [1.82, 2.24) is 9.88 Å². The van der Waals surface area contributed by atoms with E-state index < -0.39 is 27.3 Å². The van der Waals surface area contributed by atoms with E-state index in [0.29, 0.717) is 31.6 Å². The van der Waals surface area contributed by atoms with Gasteiger partial charge in [-0.1, -0.05) is 25.1 Å². The molecule has 1 atom stereocenters. The SMILES string of the molecule is CCc1ccccc1N(CCCC(=O)N(CC)CC)C(=O)c1ccc(S(=O)c2nccs2)c([N+](=O)[O-])c1. The Hall–Kier alpha value is -3.44. The molecule has 3 rings (SSSR count). The van der Waals surface area contributed by atoms with Gasteiger partial charge in [-0.15, -0.1) is 11.3 Å². The van der Waals surface area contributed by atoms with Crippen molar-refractivity contribution >= 4 is 45.3 Å². The van der Waals surface area contributed by atoms with Crippen LogP contribution >= 0.6 is 11.3 Å². The predicted octanol–water partition coefficient (Wildman–Crippen LogP) is 5.08. The molecule has 0 aliphatic heterocycles. The highest BCUT2D eigenvalue weighted by Gasteiger charge is 2.27. The standard InChI is InChI=1S/C26H30N4O5S2/c1-4-19-10-7-8-11-21(19)29(16-9-12-24(31)28(5-2)6-3)25(32)20-13-14-23(22(18-20)30(33)34)37(35)26-27-15-17-36-26/h7-8,10-11,13-15,17-18H,4-6,9,12,16H2,1-3H3. The number of carbonyl (C=O) groups excluding carboxylic acids is 2. The first kappa shape index (κ1) is 28.1. The Morgan fingerprint density at radius 2 is 1.84 bits per heavy atom. The van der Waals surface area contributed by atoms with Crippen LogP contribution in [0.3, 0.4) is 0 Å². The van der Waals surface area contributed by atoms with Crippen molar-refractivity contribution < 1.29 is 18.7 Å². The van der Waals surface area contributed by atoms with Crippen molar-refractivity contribution in [2.75, 3.05) is 24.5 Å². The molecule has 0 aliphatic carbocycles. The Labute approximate surface area is 222 Å². The summed E-state index contributed by atoms with van der Waals surface area (Å²) in [4.78, 5) is 44.8. The monoisotopic (exact) mass is 542 g/mol. The van der Waals surface area contributed by atoms with Crippen LogP contribution in [0, 0.1) is 10.1 Å². The van der Waals surface area contributed by atoms with Crippen molar-refractivity contribution in [3.63, 3.8) is 0 Å². The zero-order valence-corrected chi connectivity index (χ0v) is 22.7. The molecule has 2 aromatic carbocycles. The van der Waals surface area contributed by atoms with E-state index in [1.54, 1.807) is 15.2 Å². The molecule has 0 spiro atoms. The summed E-state index contributed by atoms with van der Waals surface area (Å²) >= 11 is 1.14. The normalized spacial score (nSPS) is 11.6. The van der Waals surface area contributed by atoms with Gasteiger partial charge in [-0.3, -0.25) is 19.7 Å². The highest BCUT2D eigenvalue weighted by atomic mass is 32.2. The number of hydrogen-bond donors (Lipinski definition) is 0. The number of nitrogens with zero attached hydrogens (tertiary/aromatic N) is 4. The molecule has 1 heterocycles. The van der Waals surface area contributed by atoms with Gasteiger partial charge in [0.15, 0.2) is 4.34 Å². The number of rotatable bonds is 12. The fourth-order valence-corrected chi connectivity index (χ4v) is 6.03. The van der Waals surface area contributed by atoms with Crippen LogP contribution in [0.25, 0.3) is 0 Å². The summed E-state index contributed by atoms with van der Waals surface area (Å²) < 4.78 is 13.1. The maximum atomic E-state index is 13.7. The highest BCUT2D eigenvalue weighted by Crippen LogP contribution is 2.30. The molecule has 0 fully saturated rings. The molecular formula is C26H30N4O5S2. The average Bonchev–Trinajstić information content (AvgIpc) is 3.46. The van der Waals surface area contributed by atoms with E-state index in [1.165, 1.54) is 24.4 Å². The number of thiazole rings is 1. The largest absolute Gasteiger partial charge is 0.343 e. The first-order chi connectivity index (χ1) is 17.8. The summed E-state index contributed by atoms with van der Waals surface area (Å²) in [5, 5.41) is 13.5. The minimum atomic E-state index is -1.84. The summed E-state index contributed by atoms with van der Waals surface area (Å²) in [5.41, 5.74) is 1.35. The van der Waals surface area contributed by atoms with E-state index in [2.05, 4.69) is 4.98 Å². The molecule has 0 bridgehead atoms. The molecule has 196 valence electrons. The number of anilines is 1. The van der Waals surface area contributed by atoms with E-state index in [-0.39, 0.29) is 33.7 Å². The molecule has 0 saturated heterocycles. The van der Waals surface area contributed by atoms with Gasteiger partial charge in [0.1, 0.15) is 15.7 Å². The van der Waals surface area contributed by atoms with Crippen LogP contribution in [-0.4, -0.2) is 50.5 Å². The Balaban J connectivity index is 1.95. The van der Waals surface area contributed by atoms with Crippen LogP contribution < -0.4 is 4.90 Å². The Kier molecular flexibility index (Phi) is 10.0. The minimum absolute atomic E-state index is 0.0122. The van der Waals surface area contributed by atoms with E-state index in [0.717, 1.165) is 16.9 Å². The van der Waals surface area contributed by atoms with Gasteiger partial charge >= 0.3 is 0 Å². The van der Waals surface area contributed by atoms with Crippen molar-refractivity contribution in [1.29, 1.82) is 0 Å². The fraction of sp³-hybridized carbons (Fsp3) is 0.346. The topological polar surface area (TPSA) is 114 Å². The van der Waals surface area contributed by atoms with Crippen LogP contribution in [0.15, 0.2) is 63.3 Å². The number of para-hydroxylation sites is 1. The number of carbonyl (C=O) groups is 2. The quantitative estimate of drug-likeness (QED) is 0.233. The number of nitro benzene ring substituents is 1. The molecule has 9 nitrogen and oxygen atoms in total. The number of aromatic nitrogens is 1. The van der Waals surface area contributed by atoms with Gasteiger partial charge in [-0.05, 0) is 50.5 Å². The summed E-state index contributed by atoms with van der Waals surface area (Å²) in [5.74, 6) is -0.406. The van der Waals surface area contributed by atoms with Gasteiger partial charge in [-0.25, -0.2) is 9.19 Å². The molecule has 3 aromatic rings. The van der Waals surface area contributed by atoms with Gasteiger partial charge in [0.25, 0.3) is 11.6 Å². The second kappa shape index (κ2) is 13.2. The smallest absolute Gasteiger partial charge is 0.286 e. The molecule has 0 radical (unpaired) electrons. The average molecular weight is 543 g/mol. The molecule has 37 heavy (non-hydrogen) atoms. The second-order valence-corrected chi connectivity index (χ2v) is 10.6. The molecule has 0 N–H and O–H groups in total. The van der Waals surface area contributed by atoms with Gasteiger partial charge < -0.3 is 9.80 Å². The lowest BCUT2D eigenvalue weighted by atomic mass is 10.1. The molecular weight excluding hydrogens is 512 g/mol. The van der Waals surface area contributed by atoms with Gasteiger partial charge in [0.2, 0.25) is 5.91 Å². The molecule has 11 heteroatoms. The van der Waals surface area contributed by atoms with Crippen LogP contribution in [-0.2, 0) is 22.0 Å². The summed E-state index contributed by atoms with van der Waals surface area (Å²) in [6, 6.07) is 11.5. The maximum Gasteiger partial charge on any atom is 0.286 e. The van der Waals surface area contributed by atoms with E-state index in [4.69, 9.17) is 0 Å². The predicted molar refractivity (Wildman–Crippen MR) is 145 cm³/mol. The summed E-state index contributed by atoms with van der Waals surface area (Å²) in [7, 11) is -1.84. The lowest BCUT2D eigenvalue weighted by molar-refractivity contribution is -0.387. The molecule has 1 aromatic heterocycles. The number of amides is 2. The first-order valence-corrected chi connectivity index (χ1v) is 14.1. The third kappa shape index (κ3) is 6.66. The van der Waals surface area contributed by atoms with E-state index in [9.17, 15) is 23.9 Å². The molecule has 2 amide bonds. The summed E-state index contributed by atoms with van der Waals surface area (Å²) in [6.45, 7) is 7.34. The zero-order chi connectivity index (χ0) is 26.9. The van der Waals surface area contributed by atoms with Gasteiger partial charge in [0, 0.05) is 54.9 Å². The fourth-order valence-electron chi connectivity index (χ4n) is 4.03. The zero-order valence-electron chi connectivity index (χ0n) is 21.1. The molecule has 0 aliphatic rings. The van der Waals surface area contributed by atoms with E-state index >= 15 is 0 Å². The highest BCUT2D eigenvalue weighted by molar-refractivity contribution is 7.87. The lowest BCUT2D eigenvalue weighted by Crippen LogP contribution is -2.35. The van der Waals surface area contributed by atoms with Crippen LogP contribution in [0.4, 0.5) is 11.4 Å². The van der Waals surface area contributed by atoms with Crippen molar-refractivity contribution in [3.05, 3.63) is 75.3 Å². The number of nitro groups is 1. The Bertz CT molecular complexity index is 1280. The third-order valence-corrected chi connectivity index (χ3v) is 8.44. The summed E-state index contributed by atoms with van der Waals surface area (Å²) in [6.07, 6.45) is 2.89. The first-order valence-electron chi connectivity index (χ1n) is 12.1. The van der Waals surface area contributed by atoms with Crippen molar-refractivity contribution in [2.24, 2.45) is 0 Å². The number of benzene rings is 2. The second-order valence-electron chi connectivity index (χ2n) is 8.11. The van der Waals surface area contributed by atoms with Crippen molar-refractivity contribution in [3.8, 4) is 0 Å². The number of aryl methyl sites for hydroxylation is 1. The Morgan fingerprint density at radius 1 is 1.11 bits per heavy atom. The molecule has 1 unspecified atom stereocenters. The van der Waals surface area contributed by atoms with Crippen LogP contribution in [0.5, 0.6) is 0 Å². The van der Waals surface area contributed by atoms with Crippen LogP contribution in [0.2, 0.25) is 0 Å². The Morgan fingerprint density at radius 3 is 2.46 bits per heavy atom. The van der Waals surface area contributed by atoms with Crippen LogP contribution in [0.1, 0.15) is 49.5 Å². The minimum Gasteiger partial charge on any atom is -0.343 e. The van der Waals surface area contributed by atoms with Gasteiger partial charge in [-0.2, -0.15) is 0 Å². The van der Waals surface area contributed by atoms with Crippen molar-refractivity contribution in [2.45, 2.75) is 49.3 Å². The number of hydrogen-bond acceptors (Lipinski definition) is 7. The lowest BCUT2D eigenvalue weighted by Gasteiger charge is -2.26. The van der Waals surface area contributed by atoms with E-state index in [1.807, 2.05) is 45.0 Å².